The maximum Gasteiger partial charge on any atom is 0.313 e. The van der Waals surface area contributed by atoms with Crippen LogP contribution in [0.2, 0.25) is 0 Å². The molecular weight excluding hydrogens is 280 g/mol. The van der Waals surface area contributed by atoms with Gasteiger partial charge in [-0.05, 0) is 42.5 Å². The molecule has 1 atom stereocenters. The number of rotatable bonds is 4. The molecule has 2 amide bonds. The molecule has 1 aromatic rings. The van der Waals surface area contributed by atoms with Gasteiger partial charge in [-0.2, -0.15) is 0 Å². The Morgan fingerprint density at radius 2 is 2.00 bits per heavy atom. The summed E-state index contributed by atoms with van der Waals surface area (Å²) in [7, 11) is 0. The summed E-state index contributed by atoms with van der Waals surface area (Å²) >= 11 is 0. The number of carbonyl (C=O) groups excluding carboxylic acids is 2. The monoisotopic (exact) mass is 304 g/mol. The largest absolute Gasteiger partial charge is 0.396 e. The van der Waals surface area contributed by atoms with Gasteiger partial charge in [-0.1, -0.05) is 19.9 Å². The second-order valence-electron chi connectivity index (χ2n) is 5.73. The molecule has 2 N–H and O–H groups in total. The molecule has 1 aliphatic rings. The van der Waals surface area contributed by atoms with Crippen LogP contribution < -0.4 is 5.32 Å². The number of nitrogens with one attached hydrogen (secondary N) is 1. The zero-order valence-corrected chi connectivity index (χ0v) is 13.3. The van der Waals surface area contributed by atoms with Gasteiger partial charge in [-0.15, -0.1) is 0 Å². The SMILES string of the molecule is CCc1ccc(NC(=O)C(=O)N2CCC(CO)C2)cc1CC. The van der Waals surface area contributed by atoms with Crippen LogP contribution in [-0.4, -0.2) is 41.5 Å². The molecule has 1 aliphatic heterocycles. The van der Waals surface area contributed by atoms with Crippen LogP contribution in [0.15, 0.2) is 18.2 Å². The summed E-state index contributed by atoms with van der Waals surface area (Å²) in [5.74, 6) is -1.04. The number of aliphatic hydroxyl groups is 1. The first-order chi connectivity index (χ1) is 10.6. The first kappa shape index (κ1) is 16.5. The molecule has 120 valence electrons. The minimum absolute atomic E-state index is 0.0593. The number of carbonyl (C=O) groups is 2. The summed E-state index contributed by atoms with van der Waals surface area (Å²) < 4.78 is 0. The second kappa shape index (κ2) is 7.40. The standard InChI is InChI=1S/C17H24N2O3/c1-3-13-5-6-15(9-14(13)4-2)18-16(21)17(22)19-8-7-12(10-19)11-20/h5-6,9,12,20H,3-4,7-8,10-11H2,1-2H3,(H,18,21). The third kappa shape index (κ3) is 3.65. The molecule has 0 aliphatic carbocycles. The topological polar surface area (TPSA) is 69.6 Å². The molecule has 0 spiro atoms. The van der Waals surface area contributed by atoms with Gasteiger partial charge in [0.25, 0.3) is 0 Å². The number of hydrogen-bond donors (Lipinski definition) is 2. The minimum Gasteiger partial charge on any atom is -0.396 e. The second-order valence-corrected chi connectivity index (χ2v) is 5.73. The first-order valence-corrected chi connectivity index (χ1v) is 7.91. The van der Waals surface area contributed by atoms with Gasteiger partial charge < -0.3 is 15.3 Å². The molecule has 5 nitrogen and oxygen atoms in total. The molecule has 1 fully saturated rings. The summed E-state index contributed by atoms with van der Waals surface area (Å²) in [6.07, 6.45) is 2.60. The van der Waals surface area contributed by atoms with E-state index in [0.29, 0.717) is 18.8 Å². The van der Waals surface area contributed by atoms with E-state index >= 15 is 0 Å². The predicted molar refractivity (Wildman–Crippen MR) is 85.6 cm³/mol. The maximum atomic E-state index is 12.1. The molecular formula is C17H24N2O3. The third-order valence-electron chi connectivity index (χ3n) is 4.25. The summed E-state index contributed by atoms with van der Waals surface area (Å²) in [6.45, 7) is 5.22. The van der Waals surface area contributed by atoms with Gasteiger partial charge >= 0.3 is 11.8 Å². The maximum absolute atomic E-state index is 12.1. The fourth-order valence-electron chi connectivity index (χ4n) is 2.87. The molecule has 1 unspecified atom stereocenters. The van der Waals surface area contributed by atoms with Crippen LogP contribution in [-0.2, 0) is 22.4 Å². The Hall–Kier alpha value is -1.88. The van der Waals surface area contributed by atoms with E-state index in [9.17, 15) is 9.59 Å². The number of aliphatic hydroxyl groups excluding tert-OH is 1. The Balaban J connectivity index is 2.01. The number of nitrogens with zero attached hydrogens (tertiary/aromatic N) is 1. The first-order valence-electron chi connectivity index (χ1n) is 7.91. The average molecular weight is 304 g/mol. The van der Waals surface area contributed by atoms with Crippen molar-refractivity contribution < 1.29 is 14.7 Å². The van der Waals surface area contributed by atoms with Crippen molar-refractivity contribution in [1.29, 1.82) is 0 Å². The fraction of sp³-hybridized carbons (Fsp3) is 0.529. The Labute approximate surface area is 131 Å². The van der Waals surface area contributed by atoms with E-state index in [1.807, 2.05) is 18.2 Å². The minimum atomic E-state index is -0.607. The third-order valence-corrected chi connectivity index (χ3v) is 4.25. The van der Waals surface area contributed by atoms with Gasteiger partial charge in [0.1, 0.15) is 0 Å². The highest BCUT2D eigenvalue weighted by atomic mass is 16.3. The van der Waals surface area contributed by atoms with Crippen LogP contribution in [0.1, 0.15) is 31.4 Å². The highest BCUT2D eigenvalue weighted by Crippen LogP contribution is 2.19. The molecule has 1 aromatic carbocycles. The summed E-state index contributed by atoms with van der Waals surface area (Å²) in [4.78, 5) is 25.7. The van der Waals surface area contributed by atoms with Crippen LogP contribution in [0.25, 0.3) is 0 Å². The zero-order chi connectivity index (χ0) is 16.1. The van der Waals surface area contributed by atoms with Gasteiger partial charge in [0, 0.05) is 31.3 Å². The van der Waals surface area contributed by atoms with Crippen LogP contribution in [0.4, 0.5) is 5.69 Å². The van der Waals surface area contributed by atoms with E-state index in [4.69, 9.17) is 5.11 Å². The number of likely N-dealkylation sites (tertiary alicyclic amines) is 1. The molecule has 5 heteroatoms. The van der Waals surface area contributed by atoms with Crippen molar-refractivity contribution in [3.8, 4) is 0 Å². The van der Waals surface area contributed by atoms with E-state index < -0.39 is 11.8 Å². The van der Waals surface area contributed by atoms with Crippen LogP contribution >= 0.6 is 0 Å². The zero-order valence-electron chi connectivity index (χ0n) is 13.3. The summed E-state index contributed by atoms with van der Waals surface area (Å²) in [5.41, 5.74) is 3.11. The number of benzene rings is 1. The van der Waals surface area contributed by atoms with Gasteiger partial charge in [0.15, 0.2) is 0 Å². The predicted octanol–water partition coefficient (Wildman–Crippen LogP) is 1.59. The summed E-state index contributed by atoms with van der Waals surface area (Å²) in [5, 5.41) is 11.8. The number of anilines is 1. The Morgan fingerprint density at radius 3 is 2.59 bits per heavy atom. The molecule has 0 saturated carbocycles. The molecule has 0 radical (unpaired) electrons. The number of hydrogen-bond acceptors (Lipinski definition) is 3. The molecule has 0 aromatic heterocycles. The molecule has 1 saturated heterocycles. The average Bonchev–Trinajstić information content (AvgIpc) is 3.02. The van der Waals surface area contributed by atoms with Crippen LogP contribution in [0.3, 0.4) is 0 Å². The Morgan fingerprint density at radius 1 is 1.27 bits per heavy atom. The lowest BCUT2D eigenvalue weighted by atomic mass is 10.0. The normalized spacial score (nSPS) is 17.6. The van der Waals surface area contributed by atoms with Gasteiger partial charge in [-0.25, -0.2) is 0 Å². The quantitative estimate of drug-likeness (QED) is 0.830. The Kier molecular flexibility index (Phi) is 5.55. The van der Waals surface area contributed by atoms with Crippen molar-refractivity contribution in [2.75, 3.05) is 25.0 Å². The lowest BCUT2D eigenvalue weighted by molar-refractivity contribution is -0.142. The van der Waals surface area contributed by atoms with Crippen molar-refractivity contribution in [2.45, 2.75) is 33.1 Å². The van der Waals surface area contributed by atoms with Crippen molar-refractivity contribution in [2.24, 2.45) is 5.92 Å². The van der Waals surface area contributed by atoms with Crippen molar-refractivity contribution in [3.63, 3.8) is 0 Å². The van der Waals surface area contributed by atoms with Gasteiger partial charge in [0.2, 0.25) is 0 Å². The fourth-order valence-corrected chi connectivity index (χ4v) is 2.87. The highest BCUT2D eigenvalue weighted by Gasteiger charge is 2.29. The van der Waals surface area contributed by atoms with Crippen molar-refractivity contribution in [1.82, 2.24) is 4.90 Å². The van der Waals surface area contributed by atoms with Crippen molar-refractivity contribution in [3.05, 3.63) is 29.3 Å². The Bertz CT molecular complexity index is 557. The van der Waals surface area contributed by atoms with Crippen LogP contribution in [0.5, 0.6) is 0 Å². The lowest BCUT2D eigenvalue weighted by Crippen LogP contribution is -2.38. The molecule has 1 heterocycles. The molecule has 22 heavy (non-hydrogen) atoms. The molecule has 0 bridgehead atoms. The van der Waals surface area contributed by atoms with E-state index in [1.54, 1.807) is 0 Å². The van der Waals surface area contributed by atoms with E-state index in [1.165, 1.54) is 16.0 Å². The van der Waals surface area contributed by atoms with E-state index in [-0.39, 0.29) is 12.5 Å². The van der Waals surface area contributed by atoms with Crippen molar-refractivity contribution >= 4 is 17.5 Å². The van der Waals surface area contributed by atoms with Gasteiger partial charge in [0.05, 0.1) is 0 Å². The smallest absolute Gasteiger partial charge is 0.313 e. The summed E-state index contributed by atoms with van der Waals surface area (Å²) in [6, 6.07) is 5.77. The lowest BCUT2D eigenvalue weighted by Gasteiger charge is -2.16. The number of amides is 2. The van der Waals surface area contributed by atoms with Crippen LogP contribution in [0, 0.1) is 5.92 Å². The van der Waals surface area contributed by atoms with E-state index in [2.05, 4.69) is 19.2 Å². The number of aryl methyl sites for hydroxylation is 2. The van der Waals surface area contributed by atoms with Gasteiger partial charge in [-0.3, -0.25) is 9.59 Å². The van der Waals surface area contributed by atoms with E-state index in [0.717, 1.165) is 19.3 Å². The highest BCUT2D eigenvalue weighted by molar-refractivity contribution is 6.39. The molecule has 2 rings (SSSR count).